The summed E-state index contributed by atoms with van der Waals surface area (Å²) >= 11 is 0. The molecular formula is C22H29N5O3. The minimum absolute atomic E-state index is 0.139. The maximum absolute atomic E-state index is 12.6. The van der Waals surface area contributed by atoms with Gasteiger partial charge in [0.15, 0.2) is 0 Å². The van der Waals surface area contributed by atoms with Gasteiger partial charge in [-0.3, -0.25) is 4.79 Å². The fourth-order valence-electron chi connectivity index (χ4n) is 4.25. The molecule has 0 spiro atoms. The summed E-state index contributed by atoms with van der Waals surface area (Å²) in [4.78, 5) is 26.4. The number of fused-ring (bicyclic) bond motifs is 1. The summed E-state index contributed by atoms with van der Waals surface area (Å²) in [5, 5.41) is 11.4. The Morgan fingerprint density at radius 3 is 2.87 bits per heavy atom. The largest absolute Gasteiger partial charge is 0.445 e. The number of carbonyl (C=O) groups is 2. The van der Waals surface area contributed by atoms with E-state index in [-0.39, 0.29) is 18.4 Å². The second-order valence-electron chi connectivity index (χ2n) is 8.00. The summed E-state index contributed by atoms with van der Waals surface area (Å²) in [7, 11) is 0. The third-order valence-electron chi connectivity index (χ3n) is 5.83. The van der Waals surface area contributed by atoms with Gasteiger partial charge in [0, 0.05) is 44.9 Å². The van der Waals surface area contributed by atoms with Crippen LogP contribution >= 0.6 is 0 Å². The molecule has 0 unspecified atom stereocenters. The highest BCUT2D eigenvalue weighted by molar-refractivity contribution is 5.76. The molecular weight excluding hydrogens is 382 g/mol. The van der Waals surface area contributed by atoms with Crippen LogP contribution in [0.25, 0.3) is 0 Å². The minimum atomic E-state index is -0.454. The van der Waals surface area contributed by atoms with Gasteiger partial charge < -0.3 is 19.5 Å². The summed E-state index contributed by atoms with van der Waals surface area (Å²) < 4.78 is 7.42. The van der Waals surface area contributed by atoms with Crippen molar-refractivity contribution in [2.75, 3.05) is 19.6 Å². The zero-order valence-electron chi connectivity index (χ0n) is 17.3. The van der Waals surface area contributed by atoms with Crippen molar-refractivity contribution < 1.29 is 14.3 Å². The zero-order valence-corrected chi connectivity index (χ0v) is 17.3. The average molecular weight is 412 g/mol. The number of rotatable bonds is 7. The van der Waals surface area contributed by atoms with Gasteiger partial charge in [0.2, 0.25) is 5.91 Å². The van der Waals surface area contributed by atoms with E-state index in [1.165, 1.54) is 0 Å². The maximum atomic E-state index is 12.6. The predicted molar refractivity (Wildman–Crippen MR) is 111 cm³/mol. The third-order valence-corrected chi connectivity index (χ3v) is 5.83. The first-order valence-electron chi connectivity index (χ1n) is 10.8. The molecule has 160 valence electrons. The fourth-order valence-corrected chi connectivity index (χ4v) is 4.25. The number of nitrogens with zero attached hydrogens (tertiary/aromatic N) is 4. The summed E-state index contributed by atoms with van der Waals surface area (Å²) in [5.41, 5.74) is 0.945. The zero-order chi connectivity index (χ0) is 20.8. The normalized spacial score (nSPS) is 18.1. The number of hydrogen-bond acceptors (Lipinski definition) is 5. The van der Waals surface area contributed by atoms with Gasteiger partial charge in [-0.25, -0.2) is 4.79 Å². The van der Waals surface area contributed by atoms with Gasteiger partial charge in [-0.1, -0.05) is 30.3 Å². The molecule has 1 fully saturated rings. The maximum Gasteiger partial charge on any atom is 0.407 e. The van der Waals surface area contributed by atoms with Crippen LogP contribution in [0, 0.1) is 0 Å². The number of amides is 2. The van der Waals surface area contributed by atoms with Gasteiger partial charge in [0.05, 0.1) is 0 Å². The van der Waals surface area contributed by atoms with E-state index in [2.05, 4.69) is 20.1 Å². The van der Waals surface area contributed by atoms with Crippen molar-refractivity contribution in [1.82, 2.24) is 25.0 Å². The van der Waals surface area contributed by atoms with E-state index >= 15 is 0 Å². The van der Waals surface area contributed by atoms with Crippen LogP contribution in [0.4, 0.5) is 4.79 Å². The van der Waals surface area contributed by atoms with Crippen molar-refractivity contribution >= 4 is 12.0 Å². The molecule has 0 bridgehead atoms. The first-order chi connectivity index (χ1) is 14.7. The summed E-state index contributed by atoms with van der Waals surface area (Å²) in [6.07, 6.45) is 4.74. The Morgan fingerprint density at radius 1 is 1.13 bits per heavy atom. The Balaban J connectivity index is 1.16. The number of aromatic nitrogens is 3. The van der Waals surface area contributed by atoms with E-state index in [4.69, 9.17) is 4.74 Å². The quantitative estimate of drug-likeness (QED) is 0.708. The van der Waals surface area contributed by atoms with Crippen LogP contribution in [0.5, 0.6) is 0 Å². The number of alkyl carbamates (subject to hydrolysis) is 1. The number of carbonyl (C=O) groups excluding carboxylic acids is 2. The lowest BCUT2D eigenvalue weighted by Gasteiger charge is -2.32. The van der Waals surface area contributed by atoms with E-state index in [0.29, 0.717) is 25.9 Å². The van der Waals surface area contributed by atoms with Crippen molar-refractivity contribution in [3.63, 3.8) is 0 Å². The Bertz CT molecular complexity index is 867. The fraction of sp³-hybridized carbons (Fsp3) is 0.545. The topological polar surface area (TPSA) is 89.4 Å². The SMILES string of the molecule is O=C(NCCCC(=O)N1CCC[C@@H](c2nnc3n2CCC3)C1)OCc1ccccc1. The second-order valence-corrected chi connectivity index (χ2v) is 8.00. The Hall–Kier alpha value is -2.90. The van der Waals surface area contributed by atoms with Crippen LogP contribution in [-0.4, -0.2) is 51.3 Å². The molecule has 4 rings (SSSR count). The first-order valence-corrected chi connectivity index (χ1v) is 10.8. The number of hydrogen-bond donors (Lipinski definition) is 1. The van der Waals surface area contributed by atoms with Crippen LogP contribution in [0.2, 0.25) is 0 Å². The highest BCUT2D eigenvalue weighted by Gasteiger charge is 2.29. The van der Waals surface area contributed by atoms with Crippen LogP contribution in [0.3, 0.4) is 0 Å². The van der Waals surface area contributed by atoms with Gasteiger partial charge in [-0.2, -0.15) is 0 Å². The standard InChI is InChI=1S/C22H29N5O3/c28-20(11-4-12-23-22(29)30-16-17-7-2-1-3-8-17)26-13-5-9-18(15-26)21-25-24-19-10-6-14-27(19)21/h1-3,7-8,18H,4-6,9-16H2,(H,23,29)/t18-/m1/s1. The predicted octanol–water partition coefficient (Wildman–Crippen LogP) is 2.64. The van der Waals surface area contributed by atoms with E-state index in [1.807, 2.05) is 35.2 Å². The van der Waals surface area contributed by atoms with E-state index in [9.17, 15) is 9.59 Å². The second kappa shape index (κ2) is 9.73. The Labute approximate surface area is 176 Å². The van der Waals surface area contributed by atoms with Crippen molar-refractivity contribution in [2.24, 2.45) is 0 Å². The van der Waals surface area contributed by atoms with E-state index in [0.717, 1.165) is 56.0 Å². The van der Waals surface area contributed by atoms with E-state index < -0.39 is 6.09 Å². The smallest absolute Gasteiger partial charge is 0.407 e. The first kappa shape index (κ1) is 20.4. The number of likely N-dealkylation sites (tertiary alicyclic amines) is 1. The summed E-state index contributed by atoms with van der Waals surface area (Å²) in [5.74, 6) is 2.54. The Morgan fingerprint density at radius 2 is 2.00 bits per heavy atom. The third kappa shape index (κ3) is 4.98. The molecule has 2 aliphatic rings. The molecule has 1 aromatic heterocycles. The van der Waals surface area contributed by atoms with Gasteiger partial charge >= 0.3 is 6.09 Å². The molecule has 3 heterocycles. The number of aryl methyl sites for hydroxylation is 1. The molecule has 0 aliphatic carbocycles. The number of benzene rings is 1. The molecule has 1 aromatic carbocycles. The molecule has 30 heavy (non-hydrogen) atoms. The van der Waals surface area contributed by atoms with Crippen LogP contribution in [-0.2, 0) is 29.1 Å². The monoisotopic (exact) mass is 411 g/mol. The van der Waals surface area contributed by atoms with Crippen LogP contribution < -0.4 is 5.32 Å². The molecule has 2 aromatic rings. The van der Waals surface area contributed by atoms with Crippen molar-refractivity contribution in [2.45, 2.75) is 57.6 Å². The molecule has 0 radical (unpaired) electrons. The van der Waals surface area contributed by atoms with Crippen LogP contribution in [0.1, 0.15) is 55.2 Å². The molecule has 2 aliphatic heterocycles. The van der Waals surface area contributed by atoms with Crippen molar-refractivity contribution in [1.29, 1.82) is 0 Å². The van der Waals surface area contributed by atoms with Gasteiger partial charge in [-0.05, 0) is 31.2 Å². The molecule has 0 saturated carbocycles. The number of nitrogens with one attached hydrogen (secondary N) is 1. The lowest BCUT2D eigenvalue weighted by atomic mass is 9.96. The number of piperidine rings is 1. The minimum Gasteiger partial charge on any atom is -0.445 e. The van der Waals surface area contributed by atoms with Gasteiger partial charge in [0.1, 0.15) is 18.3 Å². The lowest BCUT2D eigenvalue weighted by molar-refractivity contribution is -0.132. The lowest BCUT2D eigenvalue weighted by Crippen LogP contribution is -2.40. The van der Waals surface area contributed by atoms with Crippen LogP contribution in [0.15, 0.2) is 30.3 Å². The molecule has 8 nitrogen and oxygen atoms in total. The van der Waals surface area contributed by atoms with Gasteiger partial charge in [-0.15, -0.1) is 10.2 Å². The molecule has 1 N–H and O–H groups in total. The number of ether oxygens (including phenoxy) is 1. The highest BCUT2D eigenvalue weighted by Crippen LogP contribution is 2.28. The molecule has 8 heteroatoms. The molecule has 1 atom stereocenters. The molecule has 1 saturated heterocycles. The highest BCUT2D eigenvalue weighted by atomic mass is 16.5. The summed E-state index contributed by atoms with van der Waals surface area (Å²) in [6, 6.07) is 9.55. The van der Waals surface area contributed by atoms with Gasteiger partial charge in [0.25, 0.3) is 0 Å². The summed E-state index contributed by atoms with van der Waals surface area (Å²) in [6.45, 7) is 3.17. The van der Waals surface area contributed by atoms with Crippen molar-refractivity contribution in [3.8, 4) is 0 Å². The molecule has 2 amide bonds. The average Bonchev–Trinajstić information content (AvgIpc) is 3.40. The van der Waals surface area contributed by atoms with Crippen molar-refractivity contribution in [3.05, 3.63) is 47.5 Å². The Kier molecular flexibility index (Phi) is 6.61. The van der Waals surface area contributed by atoms with E-state index in [1.54, 1.807) is 0 Å².